The van der Waals surface area contributed by atoms with Crippen molar-refractivity contribution in [3.8, 4) is 0 Å². The van der Waals surface area contributed by atoms with Gasteiger partial charge in [-0.05, 0) is 59.2 Å². The second-order valence-electron chi connectivity index (χ2n) is 6.08. The molecule has 0 aromatic rings. The summed E-state index contributed by atoms with van der Waals surface area (Å²) in [5.74, 6) is 0.832. The molecule has 0 saturated carbocycles. The van der Waals surface area contributed by atoms with E-state index >= 15 is 0 Å². The van der Waals surface area contributed by atoms with Gasteiger partial charge in [-0.15, -0.1) is 0 Å². The van der Waals surface area contributed by atoms with Crippen molar-refractivity contribution in [3.05, 3.63) is 0 Å². The molecule has 102 valence electrons. The van der Waals surface area contributed by atoms with Gasteiger partial charge in [-0.3, -0.25) is 0 Å². The predicted molar refractivity (Wildman–Crippen MR) is 73.4 cm³/mol. The second kappa shape index (κ2) is 7.34. The molecule has 0 aliphatic carbocycles. The van der Waals surface area contributed by atoms with Crippen molar-refractivity contribution in [2.24, 2.45) is 5.92 Å². The van der Waals surface area contributed by atoms with Crippen LogP contribution in [0.15, 0.2) is 0 Å². The van der Waals surface area contributed by atoms with Gasteiger partial charge in [0.2, 0.25) is 0 Å². The lowest BCUT2D eigenvalue weighted by atomic mass is 9.98. The SMILES string of the molecule is CCNCC1CCCN(CCOC(C)(C)C)C1. The monoisotopic (exact) mass is 242 g/mol. The molecule has 1 saturated heterocycles. The number of hydrogen-bond donors (Lipinski definition) is 1. The molecule has 0 bridgehead atoms. The molecule has 3 heteroatoms. The van der Waals surface area contributed by atoms with Crippen LogP contribution < -0.4 is 5.32 Å². The van der Waals surface area contributed by atoms with E-state index in [1.807, 2.05) is 0 Å². The number of piperidine rings is 1. The Bertz CT molecular complexity index is 201. The van der Waals surface area contributed by atoms with E-state index in [1.54, 1.807) is 0 Å². The molecular weight excluding hydrogens is 212 g/mol. The van der Waals surface area contributed by atoms with Crippen LogP contribution in [0.1, 0.15) is 40.5 Å². The summed E-state index contributed by atoms with van der Waals surface area (Å²) in [4.78, 5) is 2.55. The maximum Gasteiger partial charge on any atom is 0.0600 e. The van der Waals surface area contributed by atoms with Crippen LogP contribution in [0, 0.1) is 5.92 Å². The van der Waals surface area contributed by atoms with E-state index in [-0.39, 0.29) is 5.60 Å². The molecule has 0 aromatic heterocycles. The molecule has 3 nitrogen and oxygen atoms in total. The summed E-state index contributed by atoms with van der Waals surface area (Å²) in [6, 6.07) is 0. The first-order valence-electron chi connectivity index (χ1n) is 7.08. The van der Waals surface area contributed by atoms with Gasteiger partial charge in [-0.1, -0.05) is 6.92 Å². The average molecular weight is 242 g/mol. The maximum absolute atomic E-state index is 5.79. The lowest BCUT2D eigenvalue weighted by Gasteiger charge is -2.33. The molecule has 0 aromatic carbocycles. The zero-order chi connectivity index (χ0) is 12.7. The summed E-state index contributed by atoms with van der Waals surface area (Å²) in [6.07, 6.45) is 2.72. The molecule has 0 radical (unpaired) electrons. The van der Waals surface area contributed by atoms with Gasteiger partial charge in [0, 0.05) is 13.1 Å². The third kappa shape index (κ3) is 7.02. The van der Waals surface area contributed by atoms with Gasteiger partial charge in [0.25, 0.3) is 0 Å². The van der Waals surface area contributed by atoms with Crippen LogP contribution in [-0.4, -0.2) is 49.8 Å². The van der Waals surface area contributed by atoms with Crippen molar-refractivity contribution in [3.63, 3.8) is 0 Å². The Hall–Kier alpha value is -0.120. The van der Waals surface area contributed by atoms with Crippen molar-refractivity contribution >= 4 is 0 Å². The minimum atomic E-state index is -0.00104. The summed E-state index contributed by atoms with van der Waals surface area (Å²) in [5.41, 5.74) is -0.00104. The summed E-state index contributed by atoms with van der Waals surface area (Å²) in [6.45, 7) is 15.2. The van der Waals surface area contributed by atoms with E-state index in [9.17, 15) is 0 Å². The number of nitrogens with zero attached hydrogens (tertiary/aromatic N) is 1. The molecule has 17 heavy (non-hydrogen) atoms. The fourth-order valence-electron chi connectivity index (χ4n) is 2.35. The van der Waals surface area contributed by atoms with Gasteiger partial charge in [0.15, 0.2) is 0 Å². The molecule has 1 aliphatic rings. The van der Waals surface area contributed by atoms with Crippen LogP contribution in [-0.2, 0) is 4.74 Å². The highest BCUT2D eigenvalue weighted by Crippen LogP contribution is 2.16. The Balaban J connectivity index is 2.16. The summed E-state index contributed by atoms with van der Waals surface area (Å²) < 4.78 is 5.79. The third-order valence-corrected chi connectivity index (χ3v) is 3.23. The molecule has 0 spiro atoms. The standard InChI is InChI=1S/C14H30N2O/c1-5-15-11-13-7-6-8-16(12-13)9-10-17-14(2,3)4/h13,15H,5-12H2,1-4H3. The van der Waals surface area contributed by atoms with Crippen molar-refractivity contribution < 1.29 is 4.74 Å². The van der Waals surface area contributed by atoms with E-state index in [1.165, 1.54) is 32.5 Å². The molecule has 1 fully saturated rings. The Kier molecular flexibility index (Phi) is 6.45. The molecule has 0 amide bonds. The number of hydrogen-bond acceptors (Lipinski definition) is 3. The Morgan fingerprint density at radius 2 is 2.12 bits per heavy atom. The van der Waals surface area contributed by atoms with E-state index in [0.29, 0.717) is 0 Å². The Morgan fingerprint density at radius 3 is 2.76 bits per heavy atom. The fraction of sp³-hybridized carbons (Fsp3) is 1.00. The highest BCUT2D eigenvalue weighted by Gasteiger charge is 2.19. The molecular formula is C14H30N2O. The minimum Gasteiger partial charge on any atom is -0.375 e. The van der Waals surface area contributed by atoms with Crippen molar-refractivity contribution in [2.75, 3.05) is 39.3 Å². The van der Waals surface area contributed by atoms with E-state index in [2.05, 4.69) is 37.9 Å². The quantitative estimate of drug-likeness (QED) is 0.772. The Morgan fingerprint density at radius 1 is 1.35 bits per heavy atom. The smallest absolute Gasteiger partial charge is 0.0600 e. The highest BCUT2D eigenvalue weighted by molar-refractivity contribution is 4.74. The maximum atomic E-state index is 5.79. The van der Waals surface area contributed by atoms with Crippen LogP contribution in [0.4, 0.5) is 0 Å². The lowest BCUT2D eigenvalue weighted by molar-refractivity contribution is -0.0170. The number of rotatable bonds is 6. The van der Waals surface area contributed by atoms with Gasteiger partial charge in [0.05, 0.1) is 12.2 Å². The molecule has 1 atom stereocenters. The topological polar surface area (TPSA) is 24.5 Å². The van der Waals surface area contributed by atoms with Gasteiger partial charge >= 0.3 is 0 Å². The molecule has 1 rings (SSSR count). The van der Waals surface area contributed by atoms with E-state index < -0.39 is 0 Å². The summed E-state index contributed by atoms with van der Waals surface area (Å²) in [5, 5.41) is 3.46. The fourth-order valence-corrected chi connectivity index (χ4v) is 2.35. The summed E-state index contributed by atoms with van der Waals surface area (Å²) >= 11 is 0. The minimum absolute atomic E-state index is 0.00104. The number of likely N-dealkylation sites (tertiary alicyclic amines) is 1. The Labute approximate surface area is 107 Å². The highest BCUT2D eigenvalue weighted by atomic mass is 16.5. The second-order valence-corrected chi connectivity index (χ2v) is 6.08. The van der Waals surface area contributed by atoms with Crippen molar-refractivity contribution in [1.29, 1.82) is 0 Å². The van der Waals surface area contributed by atoms with Crippen molar-refractivity contribution in [1.82, 2.24) is 10.2 Å². The van der Waals surface area contributed by atoms with Crippen LogP contribution in [0.2, 0.25) is 0 Å². The molecule has 1 heterocycles. The van der Waals surface area contributed by atoms with E-state index in [4.69, 9.17) is 4.74 Å². The molecule has 1 unspecified atom stereocenters. The van der Waals surface area contributed by atoms with Crippen LogP contribution in [0.3, 0.4) is 0 Å². The number of nitrogens with one attached hydrogen (secondary N) is 1. The van der Waals surface area contributed by atoms with Gasteiger partial charge < -0.3 is 15.0 Å². The zero-order valence-electron chi connectivity index (χ0n) is 12.1. The normalized spacial score (nSPS) is 22.9. The first-order valence-corrected chi connectivity index (χ1v) is 7.08. The first-order chi connectivity index (χ1) is 8.01. The molecule has 1 N–H and O–H groups in total. The van der Waals surface area contributed by atoms with Crippen LogP contribution in [0.5, 0.6) is 0 Å². The van der Waals surface area contributed by atoms with Crippen LogP contribution >= 0.6 is 0 Å². The number of ether oxygens (including phenoxy) is 1. The van der Waals surface area contributed by atoms with Gasteiger partial charge in [-0.25, -0.2) is 0 Å². The summed E-state index contributed by atoms with van der Waals surface area (Å²) in [7, 11) is 0. The van der Waals surface area contributed by atoms with Gasteiger partial charge in [0.1, 0.15) is 0 Å². The molecule has 1 aliphatic heterocycles. The lowest BCUT2D eigenvalue weighted by Crippen LogP contribution is -2.41. The third-order valence-electron chi connectivity index (χ3n) is 3.23. The predicted octanol–water partition coefficient (Wildman–Crippen LogP) is 2.12. The largest absolute Gasteiger partial charge is 0.375 e. The van der Waals surface area contributed by atoms with Crippen molar-refractivity contribution in [2.45, 2.75) is 46.1 Å². The van der Waals surface area contributed by atoms with E-state index in [0.717, 1.165) is 25.6 Å². The van der Waals surface area contributed by atoms with Gasteiger partial charge in [-0.2, -0.15) is 0 Å². The average Bonchev–Trinajstić information content (AvgIpc) is 2.25. The van der Waals surface area contributed by atoms with Crippen LogP contribution in [0.25, 0.3) is 0 Å². The first kappa shape index (κ1) is 14.9. The zero-order valence-corrected chi connectivity index (χ0v) is 12.1.